The molecule has 0 unspecified atom stereocenters. The van der Waals surface area contributed by atoms with Gasteiger partial charge < -0.3 is 11.1 Å². The predicted octanol–water partition coefficient (Wildman–Crippen LogP) is 1.67. The smallest absolute Gasteiger partial charge is 0.0421 e. The summed E-state index contributed by atoms with van der Waals surface area (Å²) in [6.07, 6.45) is 1.13. The maximum atomic E-state index is 5.85. The molecule has 12 heavy (non-hydrogen) atoms. The van der Waals surface area contributed by atoms with Gasteiger partial charge in [-0.25, -0.2) is 0 Å². The lowest BCUT2D eigenvalue weighted by molar-refractivity contribution is 0.820. The Morgan fingerprint density at radius 1 is 1.50 bits per heavy atom. The molecular formula is C10H14N2. The second-order valence-corrected chi connectivity index (χ2v) is 3.35. The molecule has 1 heterocycles. The van der Waals surface area contributed by atoms with Crippen molar-refractivity contribution in [2.45, 2.75) is 19.4 Å². The molecule has 0 radical (unpaired) electrons. The Hall–Kier alpha value is -1.02. The standard InChI is InChI=1S/C10H14N2/c1-7(11)9-4-2-3-8-5-6-12-10(8)9/h2-4,7,12H,5-6,11H2,1H3/t7-/m1/s1. The highest BCUT2D eigenvalue weighted by atomic mass is 14.9. The zero-order chi connectivity index (χ0) is 8.55. The molecule has 1 aliphatic heterocycles. The average Bonchev–Trinajstić information content (AvgIpc) is 2.49. The molecule has 0 spiro atoms. The third kappa shape index (κ3) is 1.08. The minimum atomic E-state index is 0.130. The summed E-state index contributed by atoms with van der Waals surface area (Å²) in [6.45, 7) is 3.08. The van der Waals surface area contributed by atoms with Crippen LogP contribution in [0.25, 0.3) is 0 Å². The van der Waals surface area contributed by atoms with E-state index in [9.17, 15) is 0 Å². The van der Waals surface area contributed by atoms with E-state index < -0.39 is 0 Å². The Kier molecular flexibility index (Phi) is 1.77. The van der Waals surface area contributed by atoms with Crippen LogP contribution in [0.3, 0.4) is 0 Å². The number of hydrogen-bond donors (Lipinski definition) is 2. The van der Waals surface area contributed by atoms with E-state index in [0.717, 1.165) is 13.0 Å². The number of nitrogens with one attached hydrogen (secondary N) is 1. The van der Waals surface area contributed by atoms with Crippen molar-refractivity contribution in [3.8, 4) is 0 Å². The van der Waals surface area contributed by atoms with Gasteiger partial charge in [0.15, 0.2) is 0 Å². The van der Waals surface area contributed by atoms with Gasteiger partial charge in [-0.3, -0.25) is 0 Å². The summed E-state index contributed by atoms with van der Waals surface area (Å²) in [5.74, 6) is 0. The van der Waals surface area contributed by atoms with Crippen LogP contribution in [0.15, 0.2) is 18.2 Å². The number of rotatable bonds is 1. The first kappa shape index (κ1) is 7.62. The Balaban J connectivity index is 2.49. The fourth-order valence-corrected chi connectivity index (χ4v) is 1.75. The second kappa shape index (κ2) is 2.79. The molecule has 2 rings (SSSR count). The van der Waals surface area contributed by atoms with Gasteiger partial charge in [0.05, 0.1) is 0 Å². The first-order chi connectivity index (χ1) is 5.79. The molecule has 1 aromatic carbocycles. The molecule has 0 aromatic heterocycles. The van der Waals surface area contributed by atoms with Gasteiger partial charge in [-0.1, -0.05) is 18.2 Å². The number of benzene rings is 1. The van der Waals surface area contributed by atoms with Crippen LogP contribution >= 0.6 is 0 Å². The molecule has 2 nitrogen and oxygen atoms in total. The van der Waals surface area contributed by atoms with Crippen LogP contribution < -0.4 is 11.1 Å². The third-order valence-corrected chi connectivity index (χ3v) is 2.37. The summed E-state index contributed by atoms with van der Waals surface area (Å²) in [4.78, 5) is 0. The summed E-state index contributed by atoms with van der Waals surface area (Å²) >= 11 is 0. The van der Waals surface area contributed by atoms with E-state index in [2.05, 4.69) is 23.5 Å². The monoisotopic (exact) mass is 162 g/mol. The second-order valence-electron chi connectivity index (χ2n) is 3.35. The van der Waals surface area contributed by atoms with Crippen molar-refractivity contribution >= 4 is 5.69 Å². The van der Waals surface area contributed by atoms with E-state index in [-0.39, 0.29) is 6.04 Å². The minimum absolute atomic E-state index is 0.130. The first-order valence-corrected chi connectivity index (χ1v) is 4.40. The Labute approximate surface area is 72.8 Å². The number of nitrogens with two attached hydrogens (primary N) is 1. The van der Waals surface area contributed by atoms with E-state index in [1.807, 2.05) is 6.92 Å². The average molecular weight is 162 g/mol. The molecule has 0 saturated heterocycles. The maximum Gasteiger partial charge on any atom is 0.0421 e. The molecule has 1 aliphatic rings. The van der Waals surface area contributed by atoms with Crippen LogP contribution in [0, 0.1) is 0 Å². The molecule has 64 valence electrons. The molecule has 0 amide bonds. The quantitative estimate of drug-likeness (QED) is 0.659. The van der Waals surface area contributed by atoms with E-state index in [4.69, 9.17) is 5.73 Å². The first-order valence-electron chi connectivity index (χ1n) is 4.40. The minimum Gasteiger partial charge on any atom is -0.384 e. The van der Waals surface area contributed by atoms with E-state index in [1.165, 1.54) is 16.8 Å². The molecule has 2 heteroatoms. The van der Waals surface area contributed by atoms with Gasteiger partial charge in [-0.15, -0.1) is 0 Å². The Morgan fingerprint density at radius 2 is 2.33 bits per heavy atom. The van der Waals surface area contributed by atoms with Crippen molar-refractivity contribution in [3.05, 3.63) is 29.3 Å². The number of fused-ring (bicyclic) bond motifs is 1. The predicted molar refractivity (Wildman–Crippen MR) is 51.2 cm³/mol. The van der Waals surface area contributed by atoms with Gasteiger partial charge in [0, 0.05) is 18.3 Å². The lowest BCUT2D eigenvalue weighted by Crippen LogP contribution is -2.07. The van der Waals surface area contributed by atoms with Crippen molar-refractivity contribution in [2.24, 2.45) is 5.73 Å². The molecule has 0 aliphatic carbocycles. The molecule has 1 atom stereocenters. The van der Waals surface area contributed by atoms with E-state index in [0.29, 0.717) is 0 Å². The van der Waals surface area contributed by atoms with Gasteiger partial charge in [-0.05, 0) is 24.5 Å². The summed E-state index contributed by atoms with van der Waals surface area (Å²) in [5.41, 5.74) is 9.77. The molecule has 0 bridgehead atoms. The highest BCUT2D eigenvalue weighted by Crippen LogP contribution is 2.29. The van der Waals surface area contributed by atoms with Crippen LogP contribution in [-0.2, 0) is 6.42 Å². The summed E-state index contributed by atoms with van der Waals surface area (Å²) in [5, 5.41) is 3.37. The molecular weight excluding hydrogens is 148 g/mol. The van der Waals surface area contributed by atoms with Crippen LogP contribution in [0.1, 0.15) is 24.1 Å². The van der Waals surface area contributed by atoms with Crippen molar-refractivity contribution in [3.63, 3.8) is 0 Å². The SMILES string of the molecule is C[C@@H](N)c1cccc2c1NCC2. The van der Waals surface area contributed by atoms with Gasteiger partial charge in [0.25, 0.3) is 0 Å². The highest BCUT2D eigenvalue weighted by molar-refractivity contribution is 5.61. The van der Waals surface area contributed by atoms with Gasteiger partial charge >= 0.3 is 0 Å². The van der Waals surface area contributed by atoms with Crippen LogP contribution in [0.4, 0.5) is 5.69 Å². The number of anilines is 1. The van der Waals surface area contributed by atoms with E-state index >= 15 is 0 Å². The fourth-order valence-electron chi connectivity index (χ4n) is 1.75. The van der Waals surface area contributed by atoms with Crippen LogP contribution in [0.2, 0.25) is 0 Å². The van der Waals surface area contributed by atoms with Crippen molar-refractivity contribution in [2.75, 3.05) is 11.9 Å². The zero-order valence-electron chi connectivity index (χ0n) is 7.30. The normalized spacial score (nSPS) is 16.8. The number of para-hydroxylation sites is 1. The summed E-state index contributed by atoms with van der Waals surface area (Å²) in [7, 11) is 0. The van der Waals surface area contributed by atoms with Crippen LogP contribution in [0.5, 0.6) is 0 Å². The lowest BCUT2D eigenvalue weighted by atomic mass is 10.0. The van der Waals surface area contributed by atoms with Gasteiger partial charge in [0.1, 0.15) is 0 Å². The Morgan fingerprint density at radius 3 is 3.08 bits per heavy atom. The maximum absolute atomic E-state index is 5.85. The molecule has 0 saturated carbocycles. The zero-order valence-corrected chi connectivity index (χ0v) is 7.30. The highest BCUT2D eigenvalue weighted by Gasteiger charge is 2.14. The van der Waals surface area contributed by atoms with Crippen molar-refractivity contribution in [1.29, 1.82) is 0 Å². The Bertz CT molecular complexity index is 292. The molecule has 1 aromatic rings. The molecule has 0 fully saturated rings. The van der Waals surface area contributed by atoms with Crippen LogP contribution in [-0.4, -0.2) is 6.54 Å². The topological polar surface area (TPSA) is 38.0 Å². The fraction of sp³-hybridized carbons (Fsp3) is 0.400. The van der Waals surface area contributed by atoms with Gasteiger partial charge in [-0.2, -0.15) is 0 Å². The molecule has 3 N–H and O–H groups in total. The van der Waals surface area contributed by atoms with Crippen molar-refractivity contribution < 1.29 is 0 Å². The third-order valence-electron chi connectivity index (χ3n) is 2.37. The van der Waals surface area contributed by atoms with Gasteiger partial charge in [0.2, 0.25) is 0 Å². The largest absolute Gasteiger partial charge is 0.384 e. The number of hydrogen-bond acceptors (Lipinski definition) is 2. The summed E-state index contributed by atoms with van der Waals surface area (Å²) < 4.78 is 0. The lowest BCUT2D eigenvalue weighted by Gasteiger charge is -2.11. The van der Waals surface area contributed by atoms with E-state index in [1.54, 1.807) is 0 Å². The van der Waals surface area contributed by atoms with Crippen molar-refractivity contribution in [1.82, 2.24) is 0 Å². The summed E-state index contributed by atoms with van der Waals surface area (Å²) in [6, 6.07) is 6.48.